The van der Waals surface area contributed by atoms with E-state index in [-0.39, 0.29) is 5.79 Å². The fraction of sp³-hybridized carbons (Fsp3) is 0.529. The van der Waals surface area contributed by atoms with Gasteiger partial charge in [0.2, 0.25) is 5.89 Å². The molecule has 2 saturated heterocycles. The van der Waals surface area contributed by atoms with Crippen molar-refractivity contribution in [1.82, 2.24) is 14.7 Å². The second-order valence-electron chi connectivity index (χ2n) is 6.27. The number of methoxy groups -OCH3 is 1. The van der Waals surface area contributed by atoms with E-state index in [1.165, 1.54) is 0 Å². The van der Waals surface area contributed by atoms with Crippen LogP contribution in [0.2, 0.25) is 0 Å². The Morgan fingerprint density at radius 1 is 1.16 bits per heavy atom. The summed E-state index contributed by atoms with van der Waals surface area (Å²) in [7, 11) is 1.64. The second-order valence-corrected chi connectivity index (χ2v) is 6.62. The van der Waals surface area contributed by atoms with Gasteiger partial charge in [0.05, 0.1) is 27.0 Å². The number of piperidine rings is 1. The Hall–Kier alpha value is -1.74. The van der Waals surface area contributed by atoms with E-state index < -0.39 is 0 Å². The number of hydrogen-bond acceptors (Lipinski definition) is 7. The molecule has 0 amide bonds. The summed E-state index contributed by atoms with van der Waals surface area (Å²) in [5, 5.41) is 4.52. The summed E-state index contributed by atoms with van der Waals surface area (Å²) < 4.78 is 24.1. The summed E-state index contributed by atoms with van der Waals surface area (Å²) in [5.74, 6) is 0.944. The van der Waals surface area contributed by atoms with Crippen molar-refractivity contribution in [2.45, 2.75) is 25.3 Å². The van der Waals surface area contributed by atoms with Crippen LogP contribution in [0.15, 0.2) is 28.7 Å². The minimum Gasteiger partial charge on any atom is -0.497 e. The first-order valence-electron chi connectivity index (χ1n) is 8.40. The zero-order chi connectivity index (χ0) is 17.3. The van der Waals surface area contributed by atoms with Crippen LogP contribution in [0.3, 0.4) is 0 Å². The van der Waals surface area contributed by atoms with Crippen molar-refractivity contribution in [3.05, 3.63) is 29.1 Å². The maximum Gasteiger partial charge on any atom is 0.288 e. The number of benzene rings is 1. The lowest BCUT2D eigenvalue weighted by Gasteiger charge is -2.37. The van der Waals surface area contributed by atoms with Crippen LogP contribution in [0.25, 0.3) is 11.5 Å². The topological polar surface area (TPSA) is 61.9 Å². The molecule has 2 aliphatic rings. The molecule has 0 saturated carbocycles. The Bertz CT molecular complexity index is 770. The van der Waals surface area contributed by atoms with Gasteiger partial charge < -0.3 is 18.6 Å². The molecule has 1 spiro atoms. The zero-order valence-corrected chi connectivity index (χ0v) is 15.0. The summed E-state index contributed by atoms with van der Waals surface area (Å²) in [5.41, 5.74) is 0.871. The number of likely N-dealkylation sites (tertiary alicyclic amines) is 1. The molecule has 2 aliphatic heterocycles. The van der Waals surface area contributed by atoms with Gasteiger partial charge in [-0.2, -0.15) is 0 Å². The van der Waals surface area contributed by atoms with Gasteiger partial charge in [0.15, 0.2) is 5.79 Å². The molecule has 0 N–H and O–H groups in total. The normalized spacial score (nSPS) is 20.2. The molecule has 4 rings (SSSR count). The van der Waals surface area contributed by atoms with E-state index >= 15 is 0 Å². The summed E-state index contributed by atoms with van der Waals surface area (Å²) >= 11 is 5.32. The SMILES string of the molecule is COc1ccc(-c2nn(CN3CCC4(CC3)OCCO4)c(=S)o2)cc1. The van der Waals surface area contributed by atoms with Gasteiger partial charge in [-0.05, 0) is 36.5 Å². The quantitative estimate of drug-likeness (QED) is 0.774. The Kier molecular flexibility index (Phi) is 4.60. The van der Waals surface area contributed by atoms with Crippen molar-refractivity contribution in [3.8, 4) is 17.2 Å². The summed E-state index contributed by atoms with van der Waals surface area (Å²) in [6.07, 6.45) is 1.73. The molecule has 134 valence electrons. The van der Waals surface area contributed by atoms with Gasteiger partial charge in [0.25, 0.3) is 4.84 Å². The zero-order valence-electron chi connectivity index (χ0n) is 14.1. The Morgan fingerprint density at radius 2 is 1.84 bits per heavy atom. The van der Waals surface area contributed by atoms with E-state index in [1.54, 1.807) is 11.8 Å². The monoisotopic (exact) mass is 363 g/mol. The van der Waals surface area contributed by atoms with Crippen LogP contribution in [-0.4, -0.2) is 53.9 Å². The minimum atomic E-state index is -0.365. The highest BCUT2D eigenvalue weighted by Crippen LogP contribution is 2.31. The summed E-state index contributed by atoms with van der Waals surface area (Å²) in [6.45, 7) is 3.76. The number of hydrogen-bond donors (Lipinski definition) is 0. The smallest absolute Gasteiger partial charge is 0.288 e. The van der Waals surface area contributed by atoms with E-state index in [2.05, 4.69) is 10.00 Å². The lowest BCUT2D eigenvalue weighted by Crippen LogP contribution is -2.45. The molecule has 3 heterocycles. The molecule has 7 nitrogen and oxygen atoms in total. The number of aromatic nitrogens is 2. The van der Waals surface area contributed by atoms with Crippen molar-refractivity contribution in [3.63, 3.8) is 0 Å². The maximum absolute atomic E-state index is 5.76. The van der Waals surface area contributed by atoms with Crippen molar-refractivity contribution >= 4 is 12.2 Å². The van der Waals surface area contributed by atoms with Gasteiger partial charge in [-0.15, -0.1) is 5.10 Å². The largest absolute Gasteiger partial charge is 0.497 e. The minimum absolute atomic E-state index is 0.365. The number of nitrogens with zero attached hydrogens (tertiary/aromatic N) is 3. The van der Waals surface area contributed by atoms with Gasteiger partial charge in [0, 0.05) is 31.5 Å². The van der Waals surface area contributed by atoms with Gasteiger partial charge in [-0.25, -0.2) is 4.68 Å². The van der Waals surface area contributed by atoms with E-state index in [4.69, 9.17) is 30.8 Å². The Balaban J connectivity index is 1.43. The van der Waals surface area contributed by atoms with Crippen LogP contribution < -0.4 is 4.74 Å². The predicted molar refractivity (Wildman–Crippen MR) is 92.8 cm³/mol. The maximum atomic E-state index is 5.76. The summed E-state index contributed by atoms with van der Waals surface area (Å²) in [6, 6.07) is 7.56. The van der Waals surface area contributed by atoms with E-state index in [9.17, 15) is 0 Å². The average molecular weight is 363 g/mol. The van der Waals surface area contributed by atoms with E-state index in [1.807, 2.05) is 24.3 Å². The molecule has 1 aromatic heterocycles. The molecule has 0 unspecified atom stereocenters. The molecule has 25 heavy (non-hydrogen) atoms. The fourth-order valence-electron chi connectivity index (χ4n) is 3.26. The van der Waals surface area contributed by atoms with Gasteiger partial charge >= 0.3 is 0 Å². The summed E-state index contributed by atoms with van der Waals surface area (Å²) in [4.78, 5) is 2.66. The van der Waals surface area contributed by atoms with Crippen LogP contribution in [0.5, 0.6) is 5.75 Å². The van der Waals surface area contributed by atoms with Crippen LogP contribution in [0.4, 0.5) is 0 Å². The molecule has 0 atom stereocenters. The first kappa shape index (κ1) is 16.7. The van der Waals surface area contributed by atoms with Crippen molar-refractivity contribution in [1.29, 1.82) is 0 Å². The highest BCUT2D eigenvalue weighted by atomic mass is 32.1. The van der Waals surface area contributed by atoms with Crippen LogP contribution in [0, 0.1) is 4.84 Å². The highest BCUT2D eigenvalue weighted by molar-refractivity contribution is 7.71. The molecule has 1 aromatic carbocycles. The number of rotatable bonds is 4. The Labute approximate surface area is 151 Å². The van der Waals surface area contributed by atoms with Crippen molar-refractivity contribution in [2.24, 2.45) is 0 Å². The third-order valence-electron chi connectivity index (χ3n) is 4.71. The molecule has 0 bridgehead atoms. The third kappa shape index (κ3) is 3.48. The highest BCUT2D eigenvalue weighted by Gasteiger charge is 2.39. The lowest BCUT2D eigenvalue weighted by molar-refractivity contribution is -0.187. The molecule has 8 heteroatoms. The van der Waals surface area contributed by atoms with Crippen molar-refractivity contribution < 1.29 is 18.6 Å². The first-order valence-corrected chi connectivity index (χ1v) is 8.81. The van der Waals surface area contributed by atoms with Crippen molar-refractivity contribution in [2.75, 3.05) is 33.4 Å². The molecule has 0 radical (unpaired) electrons. The van der Waals surface area contributed by atoms with Gasteiger partial charge in [-0.3, -0.25) is 4.90 Å². The second kappa shape index (κ2) is 6.87. The van der Waals surface area contributed by atoms with Crippen LogP contribution >= 0.6 is 12.2 Å². The van der Waals surface area contributed by atoms with E-state index in [0.29, 0.717) is 30.6 Å². The molecular formula is C17H21N3O4S. The fourth-order valence-corrected chi connectivity index (χ4v) is 3.43. The predicted octanol–water partition coefficient (Wildman–Crippen LogP) is 2.68. The standard InChI is InChI=1S/C17H21N3O4S/c1-21-14-4-2-13(3-5-14)15-18-20(16(25)24-15)12-19-8-6-17(7-9-19)22-10-11-23-17/h2-5H,6-12H2,1H3. The number of ether oxygens (including phenoxy) is 3. The van der Waals surface area contributed by atoms with Crippen LogP contribution in [0.1, 0.15) is 12.8 Å². The third-order valence-corrected chi connectivity index (χ3v) is 5.00. The first-order chi connectivity index (χ1) is 12.2. The van der Waals surface area contributed by atoms with Crippen LogP contribution in [-0.2, 0) is 16.1 Å². The van der Waals surface area contributed by atoms with Gasteiger partial charge in [-0.1, -0.05) is 0 Å². The molecular weight excluding hydrogens is 342 g/mol. The van der Waals surface area contributed by atoms with E-state index in [0.717, 1.165) is 37.2 Å². The molecule has 2 fully saturated rings. The average Bonchev–Trinajstić information content (AvgIpc) is 3.25. The van der Waals surface area contributed by atoms with Gasteiger partial charge in [0.1, 0.15) is 5.75 Å². The lowest BCUT2D eigenvalue weighted by atomic mass is 10.0. The molecule has 2 aromatic rings. The molecule has 0 aliphatic carbocycles. The Morgan fingerprint density at radius 3 is 2.48 bits per heavy atom.